The van der Waals surface area contributed by atoms with Gasteiger partial charge in [-0.05, 0) is 36.9 Å². The number of nitrogens with zero attached hydrogens (tertiary/aromatic N) is 1. The van der Waals surface area contributed by atoms with Crippen molar-refractivity contribution in [1.29, 1.82) is 0 Å². The number of amides is 1. The molecule has 1 atom stereocenters. The van der Waals surface area contributed by atoms with E-state index in [1.165, 1.54) is 6.20 Å². The maximum atomic E-state index is 12.3. The normalized spacial score (nSPS) is 19.3. The van der Waals surface area contributed by atoms with Gasteiger partial charge in [-0.25, -0.2) is 0 Å². The van der Waals surface area contributed by atoms with Gasteiger partial charge in [0.15, 0.2) is 0 Å². The van der Waals surface area contributed by atoms with Gasteiger partial charge in [-0.2, -0.15) is 0 Å². The van der Waals surface area contributed by atoms with Crippen LogP contribution < -0.4 is 16.4 Å². The topological polar surface area (TPSA) is 72.3 Å². The van der Waals surface area contributed by atoms with Crippen molar-refractivity contribution in [3.8, 4) is 0 Å². The summed E-state index contributed by atoms with van der Waals surface area (Å²) in [5, 5.41) is 0. The van der Waals surface area contributed by atoms with E-state index >= 15 is 0 Å². The molecule has 0 aliphatic carbocycles. The quantitative estimate of drug-likeness (QED) is 0.810. The highest BCUT2D eigenvalue weighted by atomic mass is 16.2. The first-order chi connectivity index (χ1) is 9.04. The Morgan fingerprint density at radius 2 is 2.21 bits per heavy atom. The largest absolute Gasteiger partial charge is 0.405 e. The average Bonchev–Trinajstić information content (AvgIpc) is 2.61. The van der Waals surface area contributed by atoms with Crippen LogP contribution in [0.1, 0.15) is 23.5 Å². The molecule has 1 unspecified atom stereocenters. The van der Waals surface area contributed by atoms with Crippen molar-refractivity contribution >= 4 is 11.6 Å². The monoisotopic (exact) mass is 257 g/mol. The van der Waals surface area contributed by atoms with Gasteiger partial charge in [0.1, 0.15) is 0 Å². The van der Waals surface area contributed by atoms with E-state index in [1.807, 2.05) is 19.1 Å². The Hall–Kier alpha value is -2.23. The van der Waals surface area contributed by atoms with Crippen molar-refractivity contribution in [3.05, 3.63) is 53.4 Å². The molecule has 100 valence electrons. The van der Waals surface area contributed by atoms with Crippen LogP contribution in [0.15, 0.2) is 42.2 Å². The Kier molecular flexibility index (Phi) is 3.60. The van der Waals surface area contributed by atoms with Crippen LogP contribution in [0.3, 0.4) is 0 Å². The third-order valence-electron chi connectivity index (χ3n) is 3.41. The van der Waals surface area contributed by atoms with E-state index in [1.54, 1.807) is 24.1 Å². The van der Waals surface area contributed by atoms with E-state index in [9.17, 15) is 4.79 Å². The second-order valence-electron chi connectivity index (χ2n) is 4.84. The third-order valence-corrected chi connectivity index (χ3v) is 3.41. The fourth-order valence-electron chi connectivity index (χ4n) is 2.42. The van der Waals surface area contributed by atoms with Crippen LogP contribution in [-0.2, 0) is 4.79 Å². The van der Waals surface area contributed by atoms with Crippen LogP contribution in [0.5, 0.6) is 0 Å². The van der Waals surface area contributed by atoms with Gasteiger partial charge in [0, 0.05) is 24.9 Å². The first kappa shape index (κ1) is 13.2. The van der Waals surface area contributed by atoms with Crippen LogP contribution in [0.25, 0.3) is 0 Å². The summed E-state index contributed by atoms with van der Waals surface area (Å²) < 4.78 is 0. The minimum absolute atomic E-state index is 0.0914. The highest BCUT2D eigenvalue weighted by Gasteiger charge is 2.35. The SMILES string of the molecule is Cc1ccc2c(c1)C(C/C(N)=C/C=C\N)C(=O)N2C. The maximum Gasteiger partial charge on any atom is 0.234 e. The van der Waals surface area contributed by atoms with Crippen molar-refractivity contribution in [1.82, 2.24) is 0 Å². The van der Waals surface area contributed by atoms with Crippen LogP contribution in [0, 0.1) is 6.92 Å². The van der Waals surface area contributed by atoms with E-state index in [4.69, 9.17) is 11.5 Å². The van der Waals surface area contributed by atoms with Crippen molar-refractivity contribution in [3.63, 3.8) is 0 Å². The van der Waals surface area contributed by atoms with Gasteiger partial charge in [0.25, 0.3) is 0 Å². The molecular formula is C15H19N3O. The number of aryl methyl sites for hydroxylation is 1. The lowest BCUT2D eigenvalue weighted by molar-refractivity contribution is -0.119. The lowest BCUT2D eigenvalue weighted by Crippen LogP contribution is -2.24. The van der Waals surface area contributed by atoms with Gasteiger partial charge in [-0.15, -0.1) is 0 Å². The fourth-order valence-corrected chi connectivity index (χ4v) is 2.42. The molecule has 0 saturated heterocycles. The summed E-state index contributed by atoms with van der Waals surface area (Å²) in [6.45, 7) is 2.02. The Morgan fingerprint density at radius 1 is 1.47 bits per heavy atom. The van der Waals surface area contributed by atoms with Gasteiger partial charge in [-0.1, -0.05) is 17.7 Å². The first-order valence-electron chi connectivity index (χ1n) is 6.25. The summed E-state index contributed by atoms with van der Waals surface area (Å²) in [4.78, 5) is 14.0. The summed E-state index contributed by atoms with van der Waals surface area (Å²) in [6, 6.07) is 6.07. The number of fused-ring (bicyclic) bond motifs is 1. The lowest BCUT2D eigenvalue weighted by Gasteiger charge is -2.11. The zero-order valence-electron chi connectivity index (χ0n) is 11.3. The number of rotatable bonds is 3. The Bertz CT molecular complexity index is 561. The van der Waals surface area contributed by atoms with E-state index in [0.717, 1.165) is 16.8 Å². The van der Waals surface area contributed by atoms with Crippen LogP contribution in [-0.4, -0.2) is 13.0 Å². The zero-order chi connectivity index (χ0) is 14.0. The average molecular weight is 257 g/mol. The number of hydrogen-bond acceptors (Lipinski definition) is 3. The van der Waals surface area contributed by atoms with Crippen molar-refractivity contribution in [2.75, 3.05) is 11.9 Å². The third kappa shape index (κ3) is 2.47. The summed E-state index contributed by atoms with van der Waals surface area (Å²) in [6.07, 6.45) is 5.36. The first-order valence-corrected chi connectivity index (χ1v) is 6.25. The number of nitrogens with two attached hydrogens (primary N) is 2. The molecule has 0 spiro atoms. The standard InChI is InChI=1S/C15H19N3O/c1-10-5-6-14-12(8-10)13(15(19)18(14)2)9-11(17)4-3-7-16/h3-8,13H,9,16-17H2,1-2H3/b7-3-,11-4-. The molecule has 4 heteroatoms. The minimum Gasteiger partial charge on any atom is -0.405 e. The van der Waals surface area contributed by atoms with E-state index < -0.39 is 0 Å². The molecule has 1 heterocycles. The number of anilines is 1. The van der Waals surface area contributed by atoms with Crippen LogP contribution in [0.2, 0.25) is 0 Å². The molecular weight excluding hydrogens is 238 g/mol. The number of likely N-dealkylation sites (N-methyl/N-ethyl adjacent to an activating group) is 1. The number of carbonyl (C=O) groups is 1. The summed E-state index contributed by atoms with van der Waals surface area (Å²) in [5.74, 6) is -0.101. The van der Waals surface area contributed by atoms with Crippen molar-refractivity contribution in [2.24, 2.45) is 11.5 Å². The molecule has 1 aromatic carbocycles. The van der Waals surface area contributed by atoms with E-state index in [2.05, 4.69) is 6.07 Å². The lowest BCUT2D eigenvalue weighted by atomic mass is 9.94. The Labute approximate surface area is 113 Å². The Balaban J connectivity index is 2.32. The predicted octanol–water partition coefficient (Wildman–Crippen LogP) is 1.76. The molecule has 1 amide bonds. The molecule has 1 aromatic rings. The van der Waals surface area contributed by atoms with Gasteiger partial charge < -0.3 is 16.4 Å². The number of allylic oxidation sites excluding steroid dienone is 3. The minimum atomic E-state index is -0.192. The molecule has 0 radical (unpaired) electrons. The fraction of sp³-hybridized carbons (Fsp3) is 0.267. The maximum absolute atomic E-state index is 12.3. The number of benzene rings is 1. The second-order valence-corrected chi connectivity index (χ2v) is 4.84. The van der Waals surface area contributed by atoms with Crippen LogP contribution in [0.4, 0.5) is 5.69 Å². The number of carbonyl (C=O) groups excluding carboxylic acids is 1. The van der Waals surface area contributed by atoms with Gasteiger partial charge in [-0.3, -0.25) is 4.79 Å². The van der Waals surface area contributed by atoms with Crippen molar-refractivity contribution in [2.45, 2.75) is 19.3 Å². The van der Waals surface area contributed by atoms with Crippen LogP contribution >= 0.6 is 0 Å². The molecule has 1 aliphatic heterocycles. The van der Waals surface area contributed by atoms with E-state index in [0.29, 0.717) is 12.1 Å². The summed E-state index contributed by atoms with van der Waals surface area (Å²) >= 11 is 0. The van der Waals surface area contributed by atoms with Gasteiger partial charge >= 0.3 is 0 Å². The highest BCUT2D eigenvalue weighted by molar-refractivity contribution is 6.04. The number of hydrogen-bond donors (Lipinski definition) is 2. The molecule has 19 heavy (non-hydrogen) atoms. The van der Waals surface area contributed by atoms with Crippen molar-refractivity contribution < 1.29 is 4.79 Å². The molecule has 0 aromatic heterocycles. The molecule has 1 aliphatic rings. The molecule has 2 rings (SSSR count). The smallest absolute Gasteiger partial charge is 0.234 e. The molecule has 0 saturated carbocycles. The molecule has 4 nitrogen and oxygen atoms in total. The zero-order valence-corrected chi connectivity index (χ0v) is 11.3. The molecule has 4 N–H and O–H groups in total. The Morgan fingerprint density at radius 3 is 2.89 bits per heavy atom. The van der Waals surface area contributed by atoms with E-state index in [-0.39, 0.29) is 11.8 Å². The molecule has 0 bridgehead atoms. The summed E-state index contributed by atoms with van der Waals surface area (Å²) in [7, 11) is 1.80. The summed E-state index contributed by atoms with van der Waals surface area (Å²) in [5.41, 5.74) is 15.0. The van der Waals surface area contributed by atoms with Gasteiger partial charge in [0.05, 0.1) is 5.92 Å². The highest BCUT2D eigenvalue weighted by Crippen LogP contribution is 2.39. The molecule has 0 fully saturated rings. The van der Waals surface area contributed by atoms with Gasteiger partial charge in [0.2, 0.25) is 5.91 Å². The second kappa shape index (κ2) is 5.18. The predicted molar refractivity (Wildman–Crippen MR) is 77.5 cm³/mol.